The molecule has 64 valence electrons. The zero-order valence-corrected chi connectivity index (χ0v) is 7.28. The molecular formula is C8H15NO2. The first-order chi connectivity index (χ1) is 5.07. The van der Waals surface area contributed by atoms with Crippen LogP contribution in [-0.2, 0) is 0 Å². The van der Waals surface area contributed by atoms with Crippen molar-refractivity contribution in [2.45, 2.75) is 20.8 Å². The SMILES string of the molecule is C/C=C/[C@H](C[N+](=O)[O-])C(C)C. The van der Waals surface area contributed by atoms with E-state index in [4.69, 9.17) is 0 Å². The third-order valence-corrected chi connectivity index (χ3v) is 1.66. The number of hydrogen-bond acceptors (Lipinski definition) is 2. The first-order valence-corrected chi connectivity index (χ1v) is 3.82. The van der Waals surface area contributed by atoms with E-state index in [0.29, 0.717) is 5.92 Å². The van der Waals surface area contributed by atoms with Crippen LogP contribution in [-0.4, -0.2) is 11.5 Å². The van der Waals surface area contributed by atoms with E-state index >= 15 is 0 Å². The van der Waals surface area contributed by atoms with Crippen molar-refractivity contribution < 1.29 is 4.92 Å². The predicted octanol–water partition coefficient (Wildman–Crippen LogP) is 2.11. The normalized spacial score (nSPS) is 14.2. The minimum atomic E-state index is -0.259. The van der Waals surface area contributed by atoms with Crippen molar-refractivity contribution in [3.05, 3.63) is 22.3 Å². The number of nitro groups is 1. The second-order valence-corrected chi connectivity index (χ2v) is 2.95. The summed E-state index contributed by atoms with van der Waals surface area (Å²) in [6.45, 7) is 5.92. The quantitative estimate of drug-likeness (QED) is 0.356. The molecular weight excluding hydrogens is 142 g/mol. The first-order valence-electron chi connectivity index (χ1n) is 3.82. The maximum absolute atomic E-state index is 10.2. The zero-order chi connectivity index (χ0) is 8.85. The van der Waals surface area contributed by atoms with Gasteiger partial charge in [-0.3, -0.25) is 10.1 Å². The zero-order valence-electron chi connectivity index (χ0n) is 7.28. The second-order valence-electron chi connectivity index (χ2n) is 2.95. The summed E-state index contributed by atoms with van der Waals surface area (Å²) in [7, 11) is 0. The van der Waals surface area contributed by atoms with E-state index in [1.807, 2.05) is 32.9 Å². The lowest BCUT2D eigenvalue weighted by atomic mass is 9.96. The molecule has 0 heterocycles. The Morgan fingerprint density at radius 3 is 2.36 bits per heavy atom. The smallest absolute Gasteiger partial charge is 0.210 e. The fraction of sp³-hybridized carbons (Fsp3) is 0.750. The molecule has 0 N–H and O–H groups in total. The summed E-state index contributed by atoms with van der Waals surface area (Å²) in [6.07, 6.45) is 3.77. The summed E-state index contributed by atoms with van der Waals surface area (Å²) < 4.78 is 0. The van der Waals surface area contributed by atoms with Crippen LogP contribution in [0.1, 0.15) is 20.8 Å². The van der Waals surface area contributed by atoms with Gasteiger partial charge >= 0.3 is 0 Å². The van der Waals surface area contributed by atoms with Gasteiger partial charge in [-0.1, -0.05) is 26.0 Å². The lowest BCUT2D eigenvalue weighted by Gasteiger charge is -2.10. The van der Waals surface area contributed by atoms with Crippen molar-refractivity contribution in [3.8, 4) is 0 Å². The molecule has 0 aromatic rings. The van der Waals surface area contributed by atoms with Crippen LogP contribution in [0.2, 0.25) is 0 Å². The minimum absolute atomic E-state index is 0.0437. The maximum Gasteiger partial charge on any atom is 0.210 e. The summed E-state index contributed by atoms with van der Waals surface area (Å²) in [4.78, 5) is 9.90. The van der Waals surface area contributed by atoms with Crippen LogP contribution in [0.5, 0.6) is 0 Å². The molecule has 0 radical (unpaired) electrons. The van der Waals surface area contributed by atoms with Gasteiger partial charge in [0.15, 0.2) is 0 Å². The highest BCUT2D eigenvalue weighted by Crippen LogP contribution is 2.12. The number of rotatable bonds is 4. The lowest BCUT2D eigenvalue weighted by Crippen LogP contribution is -2.17. The highest BCUT2D eigenvalue weighted by Gasteiger charge is 2.15. The molecule has 0 spiro atoms. The van der Waals surface area contributed by atoms with Crippen LogP contribution in [0, 0.1) is 22.0 Å². The molecule has 0 unspecified atom stereocenters. The van der Waals surface area contributed by atoms with Crippen LogP contribution in [0.3, 0.4) is 0 Å². The molecule has 0 aliphatic rings. The van der Waals surface area contributed by atoms with Gasteiger partial charge < -0.3 is 0 Å². The van der Waals surface area contributed by atoms with Crippen LogP contribution in [0.25, 0.3) is 0 Å². The molecule has 0 rings (SSSR count). The van der Waals surface area contributed by atoms with Gasteiger partial charge in [0.25, 0.3) is 0 Å². The molecule has 3 heteroatoms. The van der Waals surface area contributed by atoms with Crippen molar-refractivity contribution in [1.29, 1.82) is 0 Å². The monoisotopic (exact) mass is 157 g/mol. The molecule has 0 saturated carbocycles. The van der Waals surface area contributed by atoms with Crippen LogP contribution in [0.15, 0.2) is 12.2 Å². The van der Waals surface area contributed by atoms with Crippen molar-refractivity contribution in [2.75, 3.05) is 6.54 Å². The van der Waals surface area contributed by atoms with Crippen molar-refractivity contribution >= 4 is 0 Å². The minimum Gasteiger partial charge on any atom is -0.265 e. The van der Waals surface area contributed by atoms with E-state index in [1.165, 1.54) is 0 Å². The summed E-state index contributed by atoms with van der Waals surface area (Å²) in [5.41, 5.74) is 0. The Morgan fingerprint density at radius 2 is 2.09 bits per heavy atom. The summed E-state index contributed by atoms with van der Waals surface area (Å²) in [6, 6.07) is 0. The number of allylic oxidation sites excluding steroid dienone is 1. The standard InChI is InChI=1S/C8H15NO2/c1-4-5-8(7(2)3)6-9(10)11/h4-5,7-8H,6H2,1-3H3/b5-4+/t8-/m1/s1. The Labute approximate surface area is 67.3 Å². The Kier molecular flexibility index (Phi) is 4.50. The van der Waals surface area contributed by atoms with Crippen molar-refractivity contribution in [1.82, 2.24) is 0 Å². The summed E-state index contributed by atoms with van der Waals surface area (Å²) in [5, 5.41) is 10.2. The fourth-order valence-electron chi connectivity index (χ4n) is 0.913. The Morgan fingerprint density at radius 1 is 1.55 bits per heavy atom. The molecule has 0 aromatic heterocycles. The highest BCUT2D eigenvalue weighted by atomic mass is 16.6. The maximum atomic E-state index is 10.2. The van der Waals surface area contributed by atoms with Gasteiger partial charge in [0.1, 0.15) is 0 Å². The van der Waals surface area contributed by atoms with Gasteiger partial charge in [-0.25, -0.2) is 0 Å². The molecule has 0 fully saturated rings. The lowest BCUT2D eigenvalue weighted by molar-refractivity contribution is -0.487. The molecule has 11 heavy (non-hydrogen) atoms. The molecule has 1 atom stereocenters. The van der Waals surface area contributed by atoms with Gasteiger partial charge in [-0.05, 0) is 12.8 Å². The third kappa shape index (κ3) is 4.53. The van der Waals surface area contributed by atoms with Gasteiger partial charge in [-0.15, -0.1) is 0 Å². The van der Waals surface area contributed by atoms with E-state index in [2.05, 4.69) is 0 Å². The van der Waals surface area contributed by atoms with E-state index in [0.717, 1.165) is 0 Å². The first kappa shape index (κ1) is 10.1. The molecule has 0 saturated heterocycles. The van der Waals surface area contributed by atoms with Gasteiger partial charge in [-0.2, -0.15) is 0 Å². The average molecular weight is 157 g/mol. The second kappa shape index (κ2) is 4.88. The molecule has 3 nitrogen and oxygen atoms in total. The summed E-state index contributed by atoms with van der Waals surface area (Å²) >= 11 is 0. The Bertz CT molecular complexity index is 152. The molecule has 0 bridgehead atoms. The van der Waals surface area contributed by atoms with E-state index in [-0.39, 0.29) is 17.4 Å². The predicted molar refractivity (Wildman–Crippen MR) is 45.0 cm³/mol. The van der Waals surface area contributed by atoms with E-state index in [1.54, 1.807) is 0 Å². The van der Waals surface area contributed by atoms with E-state index in [9.17, 15) is 10.1 Å². The van der Waals surface area contributed by atoms with Crippen molar-refractivity contribution in [3.63, 3.8) is 0 Å². The van der Waals surface area contributed by atoms with Crippen LogP contribution >= 0.6 is 0 Å². The topological polar surface area (TPSA) is 43.1 Å². The molecule has 0 amide bonds. The van der Waals surface area contributed by atoms with Crippen LogP contribution < -0.4 is 0 Å². The molecule has 0 aliphatic heterocycles. The van der Waals surface area contributed by atoms with Crippen LogP contribution in [0.4, 0.5) is 0 Å². The average Bonchev–Trinajstić information content (AvgIpc) is 1.86. The van der Waals surface area contributed by atoms with E-state index < -0.39 is 0 Å². The molecule has 0 aromatic carbocycles. The number of nitrogens with zero attached hydrogens (tertiary/aromatic N) is 1. The Hall–Kier alpha value is -0.860. The fourth-order valence-corrected chi connectivity index (χ4v) is 0.913. The number of hydrogen-bond donors (Lipinski definition) is 0. The molecule has 0 aliphatic carbocycles. The van der Waals surface area contributed by atoms with Gasteiger partial charge in [0.2, 0.25) is 6.54 Å². The van der Waals surface area contributed by atoms with Crippen molar-refractivity contribution in [2.24, 2.45) is 11.8 Å². The largest absolute Gasteiger partial charge is 0.265 e. The van der Waals surface area contributed by atoms with Gasteiger partial charge in [0.05, 0.1) is 0 Å². The summed E-state index contributed by atoms with van der Waals surface area (Å²) in [5.74, 6) is 0.423. The third-order valence-electron chi connectivity index (χ3n) is 1.66. The Balaban J connectivity index is 4.00. The highest BCUT2D eigenvalue weighted by molar-refractivity contribution is 4.86. The van der Waals surface area contributed by atoms with Gasteiger partial charge in [0, 0.05) is 10.8 Å².